The van der Waals surface area contributed by atoms with Crippen molar-refractivity contribution in [3.05, 3.63) is 58.1 Å². The smallest absolute Gasteiger partial charge is 0.283 e. The number of rotatable bonds is 8. The van der Waals surface area contributed by atoms with Crippen LogP contribution in [-0.2, 0) is 10.0 Å². The molecule has 1 amide bonds. The number of amides is 1. The van der Waals surface area contributed by atoms with Crippen molar-refractivity contribution in [2.45, 2.75) is 23.6 Å². The molecule has 1 N–H and O–H groups in total. The second-order valence-corrected chi connectivity index (χ2v) is 8.50. The number of carbonyl (C=O) groups excluding carboxylic acids is 1. The number of benzene rings is 2. The predicted octanol–water partition coefficient (Wildman–Crippen LogP) is 3.60. The molecule has 0 aliphatic heterocycles. The van der Waals surface area contributed by atoms with Crippen molar-refractivity contribution >= 4 is 39.1 Å². The van der Waals surface area contributed by atoms with E-state index in [1.807, 2.05) is 0 Å². The van der Waals surface area contributed by atoms with Gasteiger partial charge in [0, 0.05) is 30.4 Å². The zero-order valence-electron chi connectivity index (χ0n) is 15.7. The van der Waals surface area contributed by atoms with Crippen molar-refractivity contribution in [3.63, 3.8) is 0 Å². The maximum Gasteiger partial charge on any atom is 0.283 e. The largest absolute Gasteiger partial charge is 0.322 e. The van der Waals surface area contributed by atoms with Crippen LogP contribution in [0.5, 0.6) is 0 Å². The normalized spacial score (nSPS) is 11.4. The molecule has 2 rings (SSSR count). The summed E-state index contributed by atoms with van der Waals surface area (Å²) < 4.78 is 26.6. The Labute approximate surface area is 168 Å². The molecule has 0 fully saturated rings. The molecule has 150 valence electrons. The lowest BCUT2D eigenvalue weighted by Gasteiger charge is -2.18. The maximum absolute atomic E-state index is 12.6. The average molecular weight is 424 g/mol. The van der Waals surface area contributed by atoms with Gasteiger partial charge >= 0.3 is 0 Å². The molecule has 0 radical (unpaired) electrons. The van der Waals surface area contributed by atoms with Gasteiger partial charge in [0.2, 0.25) is 10.0 Å². The van der Waals surface area contributed by atoms with E-state index in [9.17, 15) is 23.3 Å². The first-order valence-corrected chi connectivity index (χ1v) is 11.1. The van der Waals surface area contributed by atoms with Crippen LogP contribution in [0.25, 0.3) is 0 Å². The van der Waals surface area contributed by atoms with Gasteiger partial charge in [-0.1, -0.05) is 19.9 Å². The third-order valence-electron chi connectivity index (χ3n) is 4.07. The highest BCUT2D eigenvalue weighted by molar-refractivity contribution is 7.98. The Balaban J connectivity index is 2.31. The molecular formula is C18H21N3O5S2. The van der Waals surface area contributed by atoms with Crippen LogP contribution in [0, 0.1) is 10.1 Å². The fraction of sp³-hybridized carbons (Fsp3) is 0.278. The van der Waals surface area contributed by atoms with Crippen LogP contribution >= 0.6 is 11.8 Å². The van der Waals surface area contributed by atoms with E-state index >= 15 is 0 Å². The van der Waals surface area contributed by atoms with Crippen molar-refractivity contribution in [2.24, 2.45) is 0 Å². The van der Waals surface area contributed by atoms with Gasteiger partial charge in [-0.25, -0.2) is 8.42 Å². The minimum atomic E-state index is -3.66. The van der Waals surface area contributed by atoms with Crippen molar-refractivity contribution in [3.8, 4) is 0 Å². The van der Waals surface area contributed by atoms with Gasteiger partial charge in [-0.2, -0.15) is 4.31 Å². The second-order valence-electron chi connectivity index (χ2n) is 5.72. The van der Waals surface area contributed by atoms with E-state index in [2.05, 4.69) is 5.32 Å². The van der Waals surface area contributed by atoms with Crippen molar-refractivity contribution in [1.82, 2.24) is 4.31 Å². The molecule has 8 nitrogen and oxygen atoms in total. The fourth-order valence-corrected chi connectivity index (χ4v) is 4.68. The quantitative estimate of drug-likeness (QED) is 0.395. The van der Waals surface area contributed by atoms with Crippen LogP contribution in [0.15, 0.2) is 52.3 Å². The molecule has 0 aliphatic rings. The summed E-state index contributed by atoms with van der Waals surface area (Å²) in [5.74, 6) is -0.562. The minimum absolute atomic E-state index is 0.0673. The molecule has 0 bridgehead atoms. The number of anilines is 1. The summed E-state index contributed by atoms with van der Waals surface area (Å²) in [5.41, 5.74) is 0.245. The van der Waals surface area contributed by atoms with Gasteiger partial charge < -0.3 is 5.32 Å². The molecule has 2 aromatic carbocycles. The number of sulfonamides is 1. The Morgan fingerprint density at radius 2 is 1.86 bits per heavy atom. The molecule has 0 aliphatic carbocycles. The molecule has 0 aromatic heterocycles. The standard InChI is InChI=1S/C18H21N3O5S2/c1-4-20(5-2)28(25,26)15-8-6-7-14(12-15)19-18(22)13-9-10-17(27-3)16(11-13)21(23)24/h6-12H,4-5H2,1-3H3,(H,19,22). The number of hydrogen-bond donors (Lipinski definition) is 1. The third-order valence-corrected chi connectivity index (χ3v) is 6.90. The molecular weight excluding hydrogens is 402 g/mol. The van der Waals surface area contributed by atoms with Crippen LogP contribution in [0.1, 0.15) is 24.2 Å². The van der Waals surface area contributed by atoms with Crippen molar-refractivity contribution in [1.29, 1.82) is 0 Å². The van der Waals surface area contributed by atoms with E-state index in [0.29, 0.717) is 18.0 Å². The molecule has 28 heavy (non-hydrogen) atoms. The lowest BCUT2D eigenvalue weighted by molar-refractivity contribution is -0.387. The first-order valence-electron chi connectivity index (χ1n) is 8.48. The molecule has 10 heteroatoms. The number of hydrogen-bond acceptors (Lipinski definition) is 6. The lowest BCUT2D eigenvalue weighted by atomic mass is 10.2. The van der Waals surface area contributed by atoms with Gasteiger partial charge in [-0.3, -0.25) is 14.9 Å². The van der Waals surface area contributed by atoms with Crippen LogP contribution in [0.4, 0.5) is 11.4 Å². The molecule has 0 spiro atoms. The summed E-state index contributed by atoms with van der Waals surface area (Å²) in [6.07, 6.45) is 1.71. The molecule has 0 unspecified atom stereocenters. The highest BCUT2D eigenvalue weighted by Gasteiger charge is 2.22. The Morgan fingerprint density at radius 1 is 1.18 bits per heavy atom. The second kappa shape index (κ2) is 9.18. The van der Waals surface area contributed by atoms with Gasteiger partial charge in [0.15, 0.2) is 0 Å². The van der Waals surface area contributed by atoms with E-state index in [0.717, 1.165) is 0 Å². The Bertz CT molecular complexity index is 988. The van der Waals surface area contributed by atoms with Gasteiger partial charge in [-0.05, 0) is 36.6 Å². The zero-order chi connectivity index (χ0) is 20.9. The van der Waals surface area contributed by atoms with Gasteiger partial charge in [-0.15, -0.1) is 11.8 Å². The van der Waals surface area contributed by atoms with Crippen LogP contribution < -0.4 is 5.32 Å². The first-order chi connectivity index (χ1) is 13.2. The SMILES string of the molecule is CCN(CC)S(=O)(=O)c1cccc(NC(=O)c2ccc(SC)c([N+](=O)[O-])c2)c1. The number of nitro benzene ring substituents is 1. The van der Waals surface area contributed by atoms with Crippen molar-refractivity contribution < 1.29 is 18.1 Å². The number of nitro groups is 1. The molecule has 2 aromatic rings. The Morgan fingerprint density at radius 3 is 2.43 bits per heavy atom. The Kier molecular flexibility index (Phi) is 7.17. The topological polar surface area (TPSA) is 110 Å². The molecule has 0 saturated heterocycles. The fourth-order valence-electron chi connectivity index (χ4n) is 2.62. The summed E-state index contributed by atoms with van der Waals surface area (Å²) in [7, 11) is -3.66. The predicted molar refractivity (Wildman–Crippen MR) is 109 cm³/mol. The van der Waals surface area contributed by atoms with Crippen LogP contribution in [0.2, 0.25) is 0 Å². The van der Waals surface area contributed by atoms with Gasteiger partial charge in [0.1, 0.15) is 0 Å². The molecule has 0 atom stereocenters. The maximum atomic E-state index is 12.6. The van der Waals surface area contributed by atoms with Gasteiger partial charge in [0.05, 0.1) is 14.7 Å². The number of thioether (sulfide) groups is 1. The third kappa shape index (κ3) is 4.70. The van der Waals surface area contributed by atoms with E-state index in [4.69, 9.17) is 0 Å². The average Bonchev–Trinajstić information content (AvgIpc) is 2.68. The highest BCUT2D eigenvalue weighted by Crippen LogP contribution is 2.28. The monoisotopic (exact) mass is 423 g/mol. The minimum Gasteiger partial charge on any atom is -0.322 e. The van der Waals surface area contributed by atoms with Crippen LogP contribution in [0.3, 0.4) is 0 Å². The first kappa shape index (κ1) is 21.9. The molecule has 0 saturated carbocycles. The summed E-state index contributed by atoms with van der Waals surface area (Å²) in [6, 6.07) is 10.1. The van der Waals surface area contributed by atoms with E-state index in [1.165, 1.54) is 52.5 Å². The zero-order valence-corrected chi connectivity index (χ0v) is 17.3. The summed E-state index contributed by atoms with van der Waals surface area (Å²) >= 11 is 1.22. The lowest BCUT2D eigenvalue weighted by Crippen LogP contribution is -2.30. The van der Waals surface area contributed by atoms with E-state index in [-0.39, 0.29) is 21.8 Å². The summed E-state index contributed by atoms with van der Waals surface area (Å²) in [6.45, 7) is 4.16. The van der Waals surface area contributed by atoms with E-state index in [1.54, 1.807) is 26.2 Å². The summed E-state index contributed by atoms with van der Waals surface area (Å²) in [4.78, 5) is 23.7. The van der Waals surface area contributed by atoms with Gasteiger partial charge in [0.25, 0.3) is 11.6 Å². The summed E-state index contributed by atoms with van der Waals surface area (Å²) in [5, 5.41) is 13.8. The van der Waals surface area contributed by atoms with Crippen molar-refractivity contribution in [2.75, 3.05) is 24.7 Å². The number of nitrogens with zero attached hydrogens (tertiary/aromatic N) is 2. The van der Waals surface area contributed by atoms with E-state index < -0.39 is 20.9 Å². The number of nitrogens with one attached hydrogen (secondary N) is 1. The highest BCUT2D eigenvalue weighted by atomic mass is 32.2. The Hall–Kier alpha value is -2.43. The number of carbonyl (C=O) groups is 1. The molecule has 0 heterocycles. The van der Waals surface area contributed by atoms with Crippen LogP contribution in [-0.4, -0.2) is 42.9 Å².